The van der Waals surface area contributed by atoms with Crippen molar-refractivity contribution in [2.45, 2.75) is 19.1 Å². The van der Waals surface area contributed by atoms with Gasteiger partial charge in [-0.05, 0) is 24.4 Å². The topological polar surface area (TPSA) is 87.2 Å². The molecule has 0 aromatic carbocycles. The fourth-order valence-corrected chi connectivity index (χ4v) is 2.48. The molecule has 3 N–H and O–H groups in total. The fourth-order valence-electron chi connectivity index (χ4n) is 1.76. The quantitative estimate of drug-likeness (QED) is 0.643. The number of H-pyrrole nitrogens is 1. The molecule has 1 atom stereocenters. The molecule has 19 heavy (non-hydrogen) atoms. The number of rotatable bonds is 7. The smallest absolute Gasteiger partial charge is 0.268 e. The van der Waals surface area contributed by atoms with Crippen molar-refractivity contribution < 1.29 is 9.84 Å². The average Bonchev–Trinajstić information content (AvgIpc) is 2.84. The van der Waals surface area contributed by atoms with Crippen LogP contribution in [0.2, 0.25) is 0 Å². The number of aromatic amines is 1. The summed E-state index contributed by atoms with van der Waals surface area (Å²) in [6.45, 7) is 1.44. The summed E-state index contributed by atoms with van der Waals surface area (Å²) in [5, 5.41) is 14.4. The second kappa shape index (κ2) is 6.76. The lowest BCUT2D eigenvalue weighted by molar-refractivity contribution is 0.0594. The predicted octanol–water partition coefficient (Wildman–Crippen LogP) is 0.472. The summed E-state index contributed by atoms with van der Waals surface area (Å²) in [7, 11) is 1.56. The Morgan fingerprint density at radius 2 is 2.47 bits per heavy atom. The largest absolute Gasteiger partial charge is 0.391 e. The van der Waals surface area contributed by atoms with Gasteiger partial charge in [0.2, 0.25) is 0 Å². The lowest BCUT2D eigenvalue weighted by atomic mass is 10.2. The molecule has 0 amide bonds. The van der Waals surface area contributed by atoms with Gasteiger partial charge in [0.05, 0.1) is 24.8 Å². The van der Waals surface area contributed by atoms with E-state index >= 15 is 0 Å². The Morgan fingerprint density at radius 3 is 3.26 bits per heavy atom. The maximum absolute atomic E-state index is 11.7. The number of nitrogens with one attached hydrogen (secondary N) is 2. The van der Waals surface area contributed by atoms with Crippen LogP contribution in [-0.4, -0.2) is 41.4 Å². The Morgan fingerprint density at radius 1 is 1.63 bits per heavy atom. The van der Waals surface area contributed by atoms with Gasteiger partial charge in [-0.25, -0.2) is 4.98 Å². The minimum absolute atomic E-state index is 0.101. The molecule has 0 spiro atoms. The molecule has 2 heterocycles. The first-order valence-corrected chi connectivity index (χ1v) is 6.93. The van der Waals surface area contributed by atoms with Crippen molar-refractivity contribution in [3.63, 3.8) is 0 Å². The molecule has 2 aromatic rings. The Labute approximate surface area is 114 Å². The molecule has 2 aromatic heterocycles. The van der Waals surface area contributed by atoms with E-state index in [1.54, 1.807) is 7.11 Å². The summed E-state index contributed by atoms with van der Waals surface area (Å²) in [5.41, 5.74) is 0.626. The minimum atomic E-state index is -0.469. The number of methoxy groups -OCH3 is 1. The van der Waals surface area contributed by atoms with E-state index in [1.165, 1.54) is 11.3 Å². The van der Waals surface area contributed by atoms with Gasteiger partial charge in [0.25, 0.3) is 5.56 Å². The summed E-state index contributed by atoms with van der Waals surface area (Å²) in [4.78, 5) is 18.8. The molecular weight excluding hydrogens is 266 g/mol. The molecule has 1 unspecified atom stereocenters. The van der Waals surface area contributed by atoms with E-state index in [4.69, 9.17) is 4.74 Å². The first-order valence-electron chi connectivity index (χ1n) is 6.05. The number of hydrogen-bond donors (Lipinski definition) is 3. The number of aliphatic hydroxyl groups excluding tert-OH is 1. The van der Waals surface area contributed by atoms with Crippen molar-refractivity contribution in [3.05, 3.63) is 27.6 Å². The lowest BCUT2D eigenvalue weighted by Gasteiger charge is -2.09. The van der Waals surface area contributed by atoms with Crippen LogP contribution in [0.25, 0.3) is 10.2 Å². The van der Waals surface area contributed by atoms with Crippen molar-refractivity contribution in [2.24, 2.45) is 0 Å². The number of aromatic nitrogens is 2. The van der Waals surface area contributed by atoms with Gasteiger partial charge in [0.1, 0.15) is 10.5 Å². The zero-order chi connectivity index (χ0) is 13.7. The molecule has 6 nitrogen and oxygen atoms in total. The van der Waals surface area contributed by atoms with Crippen LogP contribution < -0.4 is 10.9 Å². The van der Waals surface area contributed by atoms with E-state index in [9.17, 15) is 9.90 Å². The van der Waals surface area contributed by atoms with Crippen LogP contribution in [0.3, 0.4) is 0 Å². The van der Waals surface area contributed by atoms with Gasteiger partial charge in [-0.2, -0.15) is 0 Å². The van der Waals surface area contributed by atoms with Crippen molar-refractivity contribution in [1.29, 1.82) is 0 Å². The van der Waals surface area contributed by atoms with Gasteiger partial charge in [0, 0.05) is 7.11 Å². The van der Waals surface area contributed by atoms with E-state index < -0.39 is 6.10 Å². The maximum Gasteiger partial charge on any atom is 0.268 e. The molecule has 0 bridgehead atoms. The normalized spacial score (nSPS) is 12.9. The summed E-state index contributed by atoms with van der Waals surface area (Å²) >= 11 is 1.39. The Kier molecular flexibility index (Phi) is 5.03. The van der Waals surface area contributed by atoms with Gasteiger partial charge >= 0.3 is 0 Å². The Balaban J connectivity index is 1.86. The molecule has 7 heteroatoms. The molecule has 0 fully saturated rings. The van der Waals surface area contributed by atoms with Crippen LogP contribution in [0.15, 0.2) is 16.2 Å². The van der Waals surface area contributed by atoms with Gasteiger partial charge in [-0.15, -0.1) is 11.3 Å². The van der Waals surface area contributed by atoms with Crippen LogP contribution in [0, 0.1) is 0 Å². The van der Waals surface area contributed by atoms with Crippen LogP contribution in [0.5, 0.6) is 0 Å². The first kappa shape index (κ1) is 14.1. The second-order valence-electron chi connectivity index (χ2n) is 4.22. The molecule has 0 aliphatic carbocycles. The zero-order valence-electron chi connectivity index (χ0n) is 10.7. The van der Waals surface area contributed by atoms with E-state index in [2.05, 4.69) is 15.3 Å². The second-order valence-corrected chi connectivity index (χ2v) is 5.14. The zero-order valence-corrected chi connectivity index (χ0v) is 11.5. The Bertz CT molecular complexity index is 581. The summed E-state index contributed by atoms with van der Waals surface area (Å²) in [5.74, 6) is 0.608. The molecule has 0 radical (unpaired) electrons. The number of nitrogens with zero attached hydrogens (tertiary/aromatic N) is 1. The van der Waals surface area contributed by atoms with Crippen molar-refractivity contribution in [2.75, 3.05) is 20.3 Å². The van der Waals surface area contributed by atoms with E-state index in [0.29, 0.717) is 36.6 Å². The fraction of sp³-hybridized carbons (Fsp3) is 0.500. The van der Waals surface area contributed by atoms with Crippen molar-refractivity contribution in [3.8, 4) is 0 Å². The van der Waals surface area contributed by atoms with Gasteiger partial charge in [-0.3, -0.25) is 4.79 Å². The molecule has 2 rings (SSSR count). The standard InChI is InChI=1S/C12H17N3O3S/c1-18-7-8(16)2-4-13-6-10-14-9-3-5-19-11(9)12(17)15-10/h3,5,8,13,16H,2,4,6-7H2,1H3,(H,14,15,17). The van der Waals surface area contributed by atoms with E-state index in [-0.39, 0.29) is 5.56 Å². The minimum Gasteiger partial charge on any atom is -0.391 e. The summed E-state index contributed by atoms with van der Waals surface area (Å²) in [6, 6.07) is 1.83. The SMILES string of the molecule is COCC(O)CCNCc1nc2ccsc2c(=O)[nH]1. The first-order chi connectivity index (χ1) is 9.20. The number of hydrogen-bond acceptors (Lipinski definition) is 6. The van der Waals surface area contributed by atoms with Crippen molar-refractivity contribution >= 4 is 21.6 Å². The third kappa shape index (κ3) is 3.84. The van der Waals surface area contributed by atoms with Crippen LogP contribution in [0.1, 0.15) is 12.2 Å². The Hall–Kier alpha value is -1.28. The summed E-state index contributed by atoms with van der Waals surface area (Å²) < 4.78 is 5.49. The summed E-state index contributed by atoms with van der Waals surface area (Å²) in [6.07, 6.45) is 0.127. The van der Waals surface area contributed by atoms with Gasteiger partial charge in [-0.1, -0.05) is 0 Å². The average molecular weight is 283 g/mol. The highest BCUT2D eigenvalue weighted by atomic mass is 32.1. The predicted molar refractivity (Wildman–Crippen MR) is 74.4 cm³/mol. The van der Waals surface area contributed by atoms with Crippen LogP contribution in [-0.2, 0) is 11.3 Å². The molecule has 0 saturated carbocycles. The van der Waals surface area contributed by atoms with E-state index in [0.717, 1.165) is 5.52 Å². The molecule has 0 aliphatic heterocycles. The number of ether oxygens (including phenoxy) is 1. The van der Waals surface area contributed by atoms with Gasteiger partial charge in [0.15, 0.2) is 0 Å². The molecule has 0 saturated heterocycles. The molecule has 0 aliphatic rings. The highest BCUT2D eigenvalue weighted by Gasteiger charge is 2.05. The third-order valence-electron chi connectivity index (χ3n) is 2.67. The van der Waals surface area contributed by atoms with Crippen LogP contribution >= 0.6 is 11.3 Å². The molecule has 104 valence electrons. The lowest BCUT2D eigenvalue weighted by Crippen LogP contribution is -2.24. The molecular formula is C12H17N3O3S. The van der Waals surface area contributed by atoms with Gasteiger partial charge < -0.3 is 20.1 Å². The maximum atomic E-state index is 11.7. The number of fused-ring (bicyclic) bond motifs is 1. The highest BCUT2D eigenvalue weighted by Crippen LogP contribution is 2.13. The number of thiophene rings is 1. The van der Waals surface area contributed by atoms with E-state index in [1.807, 2.05) is 11.4 Å². The van der Waals surface area contributed by atoms with Crippen molar-refractivity contribution in [1.82, 2.24) is 15.3 Å². The monoisotopic (exact) mass is 283 g/mol. The number of aliphatic hydroxyl groups is 1. The van der Waals surface area contributed by atoms with Crippen LogP contribution in [0.4, 0.5) is 0 Å². The third-order valence-corrected chi connectivity index (χ3v) is 3.57. The highest BCUT2D eigenvalue weighted by molar-refractivity contribution is 7.17.